The Balaban J connectivity index is 1.55. The molecule has 3 aromatic heterocycles. The Labute approximate surface area is 179 Å². The maximum Gasteiger partial charge on any atom is 0.259 e. The number of ketones is 1. The second kappa shape index (κ2) is 9.04. The van der Waals surface area contributed by atoms with Crippen LogP contribution in [0.5, 0.6) is 0 Å². The highest BCUT2D eigenvalue weighted by Gasteiger charge is 2.20. The van der Waals surface area contributed by atoms with Gasteiger partial charge in [0.1, 0.15) is 0 Å². The number of hydrogen-bond donors (Lipinski definition) is 2. The number of anilines is 1. The van der Waals surface area contributed by atoms with Gasteiger partial charge in [-0.05, 0) is 48.9 Å². The number of hydrogen-bond acceptors (Lipinski definition) is 5. The molecule has 0 bridgehead atoms. The molecule has 7 nitrogen and oxygen atoms in total. The Morgan fingerprint density at radius 2 is 1.77 bits per heavy atom. The molecule has 2 N–H and O–H groups in total. The van der Waals surface area contributed by atoms with Crippen molar-refractivity contribution in [3.8, 4) is 0 Å². The number of benzene rings is 1. The Morgan fingerprint density at radius 3 is 2.55 bits per heavy atom. The maximum absolute atomic E-state index is 13.1. The van der Waals surface area contributed by atoms with Gasteiger partial charge in [-0.1, -0.05) is 24.3 Å². The van der Waals surface area contributed by atoms with Gasteiger partial charge in [-0.2, -0.15) is 5.10 Å². The predicted molar refractivity (Wildman–Crippen MR) is 120 cm³/mol. The molecular formula is C24H21N5O2. The van der Waals surface area contributed by atoms with Crippen LogP contribution in [0.25, 0.3) is 5.52 Å². The first-order valence-corrected chi connectivity index (χ1v) is 9.80. The van der Waals surface area contributed by atoms with E-state index in [2.05, 4.69) is 20.8 Å². The van der Waals surface area contributed by atoms with Crippen molar-refractivity contribution in [1.29, 1.82) is 0 Å². The number of rotatable bonds is 7. The Morgan fingerprint density at radius 1 is 1.03 bits per heavy atom. The summed E-state index contributed by atoms with van der Waals surface area (Å²) in [6, 6.07) is 18.5. The molecule has 7 heteroatoms. The van der Waals surface area contributed by atoms with Crippen LogP contribution in [0.2, 0.25) is 0 Å². The van der Waals surface area contributed by atoms with E-state index in [1.54, 1.807) is 30.7 Å². The lowest BCUT2D eigenvalue weighted by molar-refractivity contribution is -0.119. The van der Waals surface area contributed by atoms with E-state index in [9.17, 15) is 9.59 Å². The Hall–Kier alpha value is -4.26. The zero-order chi connectivity index (χ0) is 21.6. The van der Waals surface area contributed by atoms with Crippen LogP contribution in [0, 0.1) is 6.92 Å². The first-order valence-electron chi connectivity index (χ1n) is 9.80. The fourth-order valence-electron chi connectivity index (χ4n) is 3.39. The van der Waals surface area contributed by atoms with Crippen molar-refractivity contribution >= 4 is 29.1 Å². The van der Waals surface area contributed by atoms with E-state index in [0.29, 0.717) is 11.3 Å². The number of fused-ring (bicyclic) bond motifs is 1. The molecule has 0 radical (unpaired) electrons. The minimum Gasteiger partial charge on any atom is -0.376 e. The molecule has 0 spiro atoms. The summed E-state index contributed by atoms with van der Waals surface area (Å²) in [7, 11) is 0. The number of aromatic nitrogens is 2. The molecule has 0 aliphatic heterocycles. The van der Waals surface area contributed by atoms with Crippen LogP contribution in [0.15, 0.2) is 84.4 Å². The van der Waals surface area contributed by atoms with E-state index >= 15 is 0 Å². The molecular weight excluding hydrogens is 390 g/mol. The molecule has 0 atom stereocenters. The number of pyridine rings is 2. The fraction of sp³-hybridized carbons (Fsp3) is 0.0833. The van der Waals surface area contributed by atoms with Crippen molar-refractivity contribution < 1.29 is 9.59 Å². The van der Waals surface area contributed by atoms with Gasteiger partial charge in [0.05, 0.1) is 24.0 Å². The number of nitrogens with zero attached hydrogens (tertiary/aromatic N) is 3. The van der Waals surface area contributed by atoms with E-state index in [0.717, 1.165) is 22.3 Å². The highest BCUT2D eigenvalue weighted by Crippen LogP contribution is 2.24. The van der Waals surface area contributed by atoms with Crippen LogP contribution in [0.1, 0.15) is 27.2 Å². The summed E-state index contributed by atoms with van der Waals surface area (Å²) in [5.74, 6) is -0.369. The number of carbonyl (C=O) groups is 2. The molecule has 4 rings (SSSR count). The van der Waals surface area contributed by atoms with Crippen molar-refractivity contribution in [3.05, 3.63) is 102 Å². The molecule has 1 amide bonds. The first kappa shape index (κ1) is 20.0. The molecule has 3 heterocycles. The summed E-state index contributed by atoms with van der Waals surface area (Å²) in [6.45, 7) is 1.98. The van der Waals surface area contributed by atoms with Gasteiger partial charge in [0.15, 0.2) is 0 Å². The van der Waals surface area contributed by atoms with Crippen LogP contribution in [0.3, 0.4) is 0 Å². The average Bonchev–Trinajstić information content (AvgIpc) is 3.10. The summed E-state index contributed by atoms with van der Waals surface area (Å²) < 4.78 is 1.85. The molecule has 1 aromatic carbocycles. The largest absolute Gasteiger partial charge is 0.376 e. The molecule has 0 saturated carbocycles. The first-order chi connectivity index (χ1) is 15.1. The van der Waals surface area contributed by atoms with Crippen molar-refractivity contribution in [2.24, 2.45) is 5.10 Å². The highest BCUT2D eigenvalue weighted by atomic mass is 16.2. The number of carbonyl (C=O) groups excluding carboxylic acids is 2. The molecule has 0 fully saturated rings. The third-order valence-electron chi connectivity index (χ3n) is 4.90. The third-order valence-corrected chi connectivity index (χ3v) is 4.90. The van der Waals surface area contributed by atoms with Crippen molar-refractivity contribution in [3.63, 3.8) is 0 Å². The quantitative estimate of drug-likeness (QED) is 0.277. The van der Waals surface area contributed by atoms with Crippen molar-refractivity contribution in [2.75, 3.05) is 11.9 Å². The number of nitrogens with one attached hydrogen (secondary N) is 2. The summed E-state index contributed by atoms with van der Waals surface area (Å²) in [5.41, 5.74) is 6.89. The normalized spacial score (nSPS) is 11.0. The summed E-state index contributed by atoms with van der Waals surface area (Å²) in [5, 5.41) is 7.14. The van der Waals surface area contributed by atoms with Crippen LogP contribution < -0.4 is 10.7 Å². The topological polar surface area (TPSA) is 87.9 Å². The average molecular weight is 411 g/mol. The lowest BCUT2D eigenvalue weighted by atomic mass is 10.1. The molecule has 4 aromatic rings. The zero-order valence-corrected chi connectivity index (χ0v) is 16.9. The zero-order valence-electron chi connectivity index (χ0n) is 16.9. The smallest absolute Gasteiger partial charge is 0.259 e. The van der Waals surface area contributed by atoms with Gasteiger partial charge < -0.3 is 9.72 Å². The van der Waals surface area contributed by atoms with Crippen LogP contribution in [0.4, 0.5) is 5.69 Å². The number of hydrazone groups is 1. The van der Waals surface area contributed by atoms with Crippen LogP contribution >= 0.6 is 0 Å². The highest BCUT2D eigenvalue weighted by molar-refractivity contribution is 6.11. The summed E-state index contributed by atoms with van der Waals surface area (Å²) >= 11 is 0. The minimum atomic E-state index is -0.269. The molecule has 154 valence electrons. The van der Waals surface area contributed by atoms with E-state index in [1.165, 1.54) is 0 Å². The fourth-order valence-corrected chi connectivity index (χ4v) is 3.39. The SMILES string of the molecule is Cc1c(C=NNC(=O)CNc2ccccc2)c2ccccn2c1C(=O)c1ccncc1. The lowest BCUT2D eigenvalue weighted by Crippen LogP contribution is -2.25. The van der Waals surface area contributed by atoms with E-state index in [1.807, 2.05) is 66.1 Å². The Kier molecular flexibility index (Phi) is 5.84. The van der Waals surface area contributed by atoms with Crippen LogP contribution in [-0.2, 0) is 4.79 Å². The van der Waals surface area contributed by atoms with E-state index in [4.69, 9.17) is 0 Å². The van der Waals surface area contributed by atoms with Gasteiger partial charge in [-0.3, -0.25) is 14.6 Å². The van der Waals surface area contributed by atoms with Gasteiger partial charge in [-0.25, -0.2) is 5.43 Å². The monoisotopic (exact) mass is 411 g/mol. The summed E-state index contributed by atoms with van der Waals surface area (Å²) in [6.07, 6.45) is 6.62. The lowest BCUT2D eigenvalue weighted by Gasteiger charge is -2.04. The summed E-state index contributed by atoms with van der Waals surface area (Å²) in [4.78, 5) is 29.2. The van der Waals surface area contributed by atoms with Gasteiger partial charge in [0.2, 0.25) is 5.78 Å². The standard InChI is InChI=1S/C24H21N5O2/c1-17-20(15-27-28-22(30)16-26-19-7-3-2-4-8-19)21-9-5-6-14-29(21)23(17)24(31)18-10-12-25-13-11-18/h2-15,26H,16H2,1H3,(H,28,30). The molecule has 0 aliphatic carbocycles. The van der Waals surface area contributed by atoms with Gasteiger partial charge in [-0.15, -0.1) is 0 Å². The van der Waals surface area contributed by atoms with Gasteiger partial charge in [0.25, 0.3) is 5.91 Å². The minimum absolute atomic E-state index is 0.0998. The molecule has 0 unspecified atom stereocenters. The van der Waals surface area contributed by atoms with Gasteiger partial charge in [0, 0.05) is 35.4 Å². The van der Waals surface area contributed by atoms with Crippen LogP contribution in [-0.4, -0.2) is 33.8 Å². The second-order valence-corrected chi connectivity index (χ2v) is 6.92. The Bertz CT molecular complexity index is 1250. The maximum atomic E-state index is 13.1. The second-order valence-electron chi connectivity index (χ2n) is 6.92. The van der Waals surface area contributed by atoms with E-state index in [-0.39, 0.29) is 18.2 Å². The third kappa shape index (κ3) is 4.35. The number of amides is 1. The molecule has 31 heavy (non-hydrogen) atoms. The van der Waals surface area contributed by atoms with Crippen molar-refractivity contribution in [2.45, 2.75) is 6.92 Å². The predicted octanol–water partition coefficient (Wildman–Crippen LogP) is 3.44. The van der Waals surface area contributed by atoms with Gasteiger partial charge >= 0.3 is 0 Å². The molecule has 0 aliphatic rings. The van der Waals surface area contributed by atoms with Crippen molar-refractivity contribution in [1.82, 2.24) is 14.8 Å². The van der Waals surface area contributed by atoms with E-state index < -0.39 is 0 Å². The molecule has 0 saturated heterocycles. The number of para-hydroxylation sites is 1.